The SMILES string of the molecule is CCC(=O)NC(C(=O)O)c1c(C)nn(-c2cccc(C(F)(F)F)c2)c1C. The Balaban J connectivity index is 2.54. The van der Waals surface area contributed by atoms with Crippen LogP contribution < -0.4 is 5.32 Å². The minimum absolute atomic E-state index is 0.101. The maximum atomic E-state index is 12.9. The molecule has 0 saturated heterocycles. The second kappa shape index (κ2) is 7.19. The third-order valence-corrected chi connectivity index (χ3v) is 3.93. The van der Waals surface area contributed by atoms with Crippen molar-refractivity contribution in [3.63, 3.8) is 0 Å². The summed E-state index contributed by atoms with van der Waals surface area (Å²) in [5.41, 5.74) is 0.210. The van der Waals surface area contributed by atoms with Crippen LogP contribution in [0.3, 0.4) is 0 Å². The summed E-state index contributed by atoms with van der Waals surface area (Å²) in [4.78, 5) is 23.2. The number of amides is 1. The molecule has 2 rings (SSSR count). The van der Waals surface area contributed by atoms with Crippen LogP contribution in [0.1, 0.15) is 41.9 Å². The van der Waals surface area contributed by atoms with Crippen LogP contribution >= 0.6 is 0 Å². The Morgan fingerprint density at radius 1 is 1.31 bits per heavy atom. The van der Waals surface area contributed by atoms with Gasteiger partial charge in [0.15, 0.2) is 6.04 Å². The van der Waals surface area contributed by atoms with Crippen molar-refractivity contribution >= 4 is 11.9 Å². The molecule has 26 heavy (non-hydrogen) atoms. The van der Waals surface area contributed by atoms with Crippen LogP contribution in [0.4, 0.5) is 13.2 Å². The van der Waals surface area contributed by atoms with E-state index in [2.05, 4.69) is 10.4 Å². The second-order valence-corrected chi connectivity index (χ2v) is 5.74. The van der Waals surface area contributed by atoms with Gasteiger partial charge in [0.2, 0.25) is 5.91 Å². The maximum absolute atomic E-state index is 12.9. The number of nitrogens with one attached hydrogen (secondary N) is 1. The second-order valence-electron chi connectivity index (χ2n) is 5.74. The van der Waals surface area contributed by atoms with Gasteiger partial charge < -0.3 is 10.4 Å². The molecular weight excluding hydrogens is 351 g/mol. The fraction of sp³-hybridized carbons (Fsp3) is 0.353. The first-order chi connectivity index (χ1) is 12.1. The predicted octanol–water partition coefficient (Wildman–Crippen LogP) is 3.16. The standard InChI is InChI=1S/C17H18F3N3O3/c1-4-13(24)21-15(16(25)26)14-9(2)22-23(10(14)3)12-7-5-6-11(8-12)17(18,19)20/h5-8,15H,4H2,1-3H3,(H,21,24)(H,25,26). The lowest BCUT2D eigenvalue weighted by molar-refractivity contribution is -0.142. The number of carboxylic acids is 1. The minimum atomic E-state index is -4.51. The summed E-state index contributed by atoms with van der Waals surface area (Å²) in [5, 5.41) is 16.0. The van der Waals surface area contributed by atoms with Gasteiger partial charge in [-0.3, -0.25) is 4.79 Å². The number of aromatic nitrogens is 2. The molecule has 0 aliphatic heterocycles. The summed E-state index contributed by atoms with van der Waals surface area (Å²) < 4.78 is 40.0. The topological polar surface area (TPSA) is 84.2 Å². The number of benzene rings is 1. The van der Waals surface area contributed by atoms with Gasteiger partial charge in [-0.05, 0) is 32.0 Å². The highest BCUT2D eigenvalue weighted by Gasteiger charge is 2.32. The molecule has 2 aromatic rings. The molecule has 1 aromatic heterocycles. The number of carbonyl (C=O) groups excluding carboxylic acids is 1. The number of nitrogens with zero attached hydrogens (tertiary/aromatic N) is 2. The van der Waals surface area contributed by atoms with Gasteiger partial charge in [-0.1, -0.05) is 13.0 Å². The first kappa shape index (κ1) is 19.5. The van der Waals surface area contributed by atoms with E-state index in [-0.39, 0.29) is 17.7 Å². The van der Waals surface area contributed by atoms with E-state index in [1.54, 1.807) is 20.8 Å². The molecule has 1 atom stereocenters. The van der Waals surface area contributed by atoms with Gasteiger partial charge in [-0.25, -0.2) is 9.48 Å². The molecular formula is C17H18F3N3O3. The number of halogens is 3. The number of aryl methyl sites for hydroxylation is 1. The molecule has 0 bridgehead atoms. The average molecular weight is 369 g/mol. The fourth-order valence-electron chi connectivity index (χ4n) is 2.66. The minimum Gasteiger partial charge on any atom is -0.479 e. The highest BCUT2D eigenvalue weighted by atomic mass is 19.4. The summed E-state index contributed by atoms with van der Waals surface area (Å²) in [7, 11) is 0. The molecule has 1 unspecified atom stereocenters. The lowest BCUT2D eigenvalue weighted by atomic mass is 10.0. The molecule has 1 aromatic carbocycles. The van der Waals surface area contributed by atoms with E-state index in [4.69, 9.17) is 0 Å². The normalized spacial score (nSPS) is 12.7. The van der Waals surface area contributed by atoms with Crippen LogP contribution in [0.5, 0.6) is 0 Å². The Bertz CT molecular complexity index is 844. The van der Waals surface area contributed by atoms with Gasteiger partial charge in [0.1, 0.15) is 0 Å². The molecule has 6 nitrogen and oxygen atoms in total. The molecule has 0 fully saturated rings. The van der Waals surface area contributed by atoms with Crippen molar-refractivity contribution in [1.29, 1.82) is 0 Å². The van der Waals surface area contributed by atoms with Crippen LogP contribution in [0.15, 0.2) is 24.3 Å². The number of hydrogen-bond donors (Lipinski definition) is 2. The lowest BCUT2D eigenvalue weighted by Gasteiger charge is -2.15. The molecule has 2 N–H and O–H groups in total. The third-order valence-electron chi connectivity index (χ3n) is 3.93. The van der Waals surface area contributed by atoms with Gasteiger partial charge in [0, 0.05) is 17.7 Å². The maximum Gasteiger partial charge on any atom is 0.416 e. The highest BCUT2D eigenvalue weighted by molar-refractivity contribution is 5.84. The molecule has 0 aliphatic carbocycles. The van der Waals surface area contributed by atoms with E-state index in [9.17, 15) is 27.9 Å². The van der Waals surface area contributed by atoms with Gasteiger partial charge in [-0.15, -0.1) is 0 Å². The first-order valence-corrected chi connectivity index (χ1v) is 7.82. The van der Waals surface area contributed by atoms with Crippen LogP contribution in [-0.4, -0.2) is 26.8 Å². The van der Waals surface area contributed by atoms with Crippen molar-refractivity contribution in [2.45, 2.75) is 39.4 Å². The first-order valence-electron chi connectivity index (χ1n) is 7.82. The molecule has 1 amide bonds. The van der Waals surface area contributed by atoms with Crippen LogP contribution in [-0.2, 0) is 15.8 Å². The summed E-state index contributed by atoms with van der Waals surface area (Å²) in [6, 6.07) is 3.24. The third kappa shape index (κ3) is 3.87. The Kier molecular flexibility index (Phi) is 5.38. The van der Waals surface area contributed by atoms with E-state index in [0.29, 0.717) is 11.4 Å². The molecule has 0 saturated carbocycles. The van der Waals surface area contributed by atoms with Crippen molar-refractivity contribution in [2.24, 2.45) is 0 Å². The Hall–Kier alpha value is -2.84. The quantitative estimate of drug-likeness (QED) is 0.848. The average Bonchev–Trinajstić information content (AvgIpc) is 2.86. The Morgan fingerprint density at radius 2 is 1.96 bits per heavy atom. The number of aliphatic carboxylic acids is 1. The van der Waals surface area contributed by atoms with Crippen LogP contribution in [0, 0.1) is 13.8 Å². The lowest BCUT2D eigenvalue weighted by Crippen LogP contribution is -2.34. The van der Waals surface area contributed by atoms with Crippen LogP contribution in [0.2, 0.25) is 0 Å². The monoisotopic (exact) mass is 369 g/mol. The predicted molar refractivity (Wildman–Crippen MR) is 86.9 cm³/mol. The number of carbonyl (C=O) groups is 2. The van der Waals surface area contributed by atoms with Gasteiger partial charge in [0.05, 0.1) is 16.9 Å². The molecule has 1 heterocycles. The van der Waals surface area contributed by atoms with E-state index < -0.39 is 29.7 Å². The molecule has 0 radical (unpaired) electrons. The zero-order valence-electron chi connectivity index (χ0n) is 14.4. The summed E-state index contributed by atoms with van der Waals surface area (Å²) in [5.74, 6) is -1.73. The van der Waals surface area contributed by atoms with Crippen molar-refractivity contribution in [1.82, 2.24) is 15.1 Å². The molecule has 0 spiro atoms. The summed E-state index contributed by atoms with van der Waals surface area (Å²) >= 11 is 0. The largest absolute Gasteiger partial charge is 0.479 e. The highest BCUT2D eigenvalue weighted by Crippen LogP contribution is 2.31. The Labute approximate surface area is 147 Å². The Morgan fingerprint density at radius 3 is 2.50 bits per heavy atom. The van der Waals surface area contributed by atoms with Crippen molar-refractivity contribution in [3.8, 4) is 5.69 Å². The van der Waals surface area contributed by atoms with Crippen LogP contribution in [0.25, 0.3) is 5.69 Å². The van der Waals surface area contributed by atoms with Crippen molar-refractivity contribution in [3.05, 3.63) is 46.8 Å². The van der Waals surface area contributed by atoms with E-state index in [1.165, 1.54) is 16.8 Å². The summed E-state index contributed by atoms with van der Waals surface area (Å²) in [6.45, 7) is 4.67. The van der Waals surface area contributed by atoms with Crippen molar-refractivity contribution < 1.29 is 27.9 Å². The van der Waals surface area contributed by atoms with Crippen molar-refractivity contribution in [2.75, 3.05) is 0 Å². The van der Waals surface area contributed by atoms with Gasteiger partial charge >= 0.3 is 12.1 Å². The van der Waals surface area contributed by atoms with Gasteiger partial charge in [-0.2, -0.15) is 18.3 Å². The number of carboxylic acid groups (broad SMARTS) is 1. The van der Waals surface area contributed by atoms with E-state index in [0.717, 1.165) is 12.1 Å². The number of rotatable bonds is 5. The zero-order chi connectivity index (χ0) is 19.6. The molecule has 9 heteroatoms. The summed E-state index contributed by atoms with van der Waals surface area (Å²) in [6.07, 6.45) is -4.41. The molecule has 0 aliphatic rings. The van der Waals surface area contributed by atoms with E-state index in [1.807, 2.05) is 0 Å². The number of alkyl halides is 3. The number of hydrogen-bond acceptors (Lipinski definition) is 3. The smallest absolute Gasteiger partial charge is 0.416 e. The fourth-order valence-corrected chi connectivity index (χ4v) is 2.66. The zero-order valence-corrected chi connectivity index (χ0v) is 14.4. The van der Waals surface area contributed by atoms with E-state index >= 15 is 0 Å². The van der Waals surface area contributed by atoms with Gasteiger partial charge in [0.25, 0.3) is 0 Å². The molecule has 140 valence electrons.